The number of rotatable bonds is 6. The maximum absolute atomic E-state index is 11.9. The first-order valence-electron chi connectivity index (χ1n) is 6.86. The molecule has 112 valence electrons. The molecule has 20 heavy (non-hydrogen) atoms. The molecule has 2 rings (SSSR count). The van der Waals surface area contributed by atoms with Crippen molar-refractivity contribution in [3.63, 3.8) is 0 Å². The molecule has 1 aromatic rings. The van der Waals surface area contributed by atoms with Crippen molar-refractivity contribution in [2.45, 2.75) is 44.7 Å². The van der Waals surface area contributed by atoms with E-state index in [2.05, 4.69) is 5.32 Å². The third kappa shape index (κ3) is 5.31. The zero-order valence-corrected chi connectivity index (χ0v) is 13.2. The Labute approximate surface area is 131 Å². The first-order valence-corrected chi connectivity index (χ1v) is 7.24. The number of benzene rings is 1. The molecule has 0 aromatic heterocycles. The van der Waals surface area contributed by atoms with Gasteiger partial charge in [0.05, 0.1) is 6.04 Å². The number of carbonyl (C=O) groups excluding carboxylic acids is 1. The van der Waals surface area contributed by atoms with Gasteiger partial charge in [0.2, 0.25) is 5.91 Å². The SMILES string of the molecule is CC(N)CCC(=O)NC(c1ccc(Cl)cc1)C1CC1.Cl. The van der Waals surface area contributed by atoms with E-state index in [0.29, 0.717) is 12.3 Å². The van der Waals surface area contributed by atoms with E-state index in [-0.39, 0.29) is 30.4 Å². The van der Waals surface area contributed by atoms with Gasteiger partial charge in [-0.15, -0.1) is 12.4 Å². The van der Waals surface area contributed by atoms with Gasteiger partial charge in [0.1, 0.15) is 0 Å². The fourth-order valence-electron chi connectivity index (χ4n) is 2.18. The Bertz CT molecular complexity index is 430. The number of nitrogens with one attached hydrogen (secondary N) is 1. The molecule has 1 amide bonds. The molecule has 3 nitrogen and oxygen atoms in total. The summed E-state index contributed by atoms with van der Waals surface area (Å²) in [6, 6.07) is 7.94. The van der Waals surface area contributed by atoms with Gasteiger partial charge in [-0.3, -0.25) is 4.79 Å². The standard InChI is InChI=1S/C15H21ClN2O.ClH/c1-10(17)2-9-14(19)18-15(11-3-4-11)12-5-7-13(16)8-6-12;/h5-8,10-11,15H,2-4,9,17H2,1H3,(H,18,19);1H. The van der Waals surface area contributed by atoms with Crippen LogP contribution in [-0.2, 0) is 4.79 Å². The van der Waals surface area contributed by atoms with Crippen LogP contribution in [-0.4, -0.2) is 11.9 Å². The average Bonchev–Trinajstić information content (AvgIpc) is 3.19. The van der Waals surface area contributed by atoms with E-state index >= 15 is 0 Å². The van der Waals surface area contributed by atoms with Crippen LogP contribution in [0.2, 0.25) is 5.02 Å². The fraction of sp³-hybridized carbons (Fsp3) is 0.533. The summed E-state index contributed by atoms with van der Waals surface area (Å²) < 4.78 is 0. The van der Waals surface area contributed by atoms with Crippen LogP contribution < -0.4 is 11.1 Å². The van der Waals surface area contributed by atoms with Crippen LogP contribution in [0.25, 0.3) is 0 Å². The largest absolute Gasteiger partial charge is 0.349 e. The predicted molar refractivity (Wildman–Crippen MR) is 85.2 cm³/mol. The summed E-state index contributed by atoms with van der Waals surface area (Å²) in [4.78, 5) is 11.9. The third-order valence-electron chi connectivity index (χ3n) is 3.47. The molecule has 1 aromatic carbocycles. The monoisotopic (exact) mass is 316 g/mol. The zero-order valence-electron chi connectivity index (χ0n) is 11.6. The molecule has 2 unspecified atom stereocenters. The average molecular weight is 317 g/mol. The Morgan fingerprint density at radius 2 is 2.00 bits per heavy atom. The van der Waals surface area contributed by atoms with E-state index in [0.717, 1.165) is 17.0 Å². The first-order chi connectivity index (χ1) is 9.06. The molecule has 0 saturated heterocycles. The van der Waals surface area contributed by atoms with Crippen molar-refractivity contribution < 1.29 is 4.79 Å². The van der Waals surface area contributed by atoms with Crippen molar-refractivity contribution in [1.82, 2.24) is 5.32 Å². The van der Waals surface area contributed by atoms with Crippen molar-refractivity contribution in [2.24, 2.45) is 11.7 Å². The minimum Gasteiger partial charge on any atom is -0.349 e. The van der Waals surface area contributed by atoms with Gasteiger partial charge >= 0.3 is 0 Å². The summed E-state index contributed by atoms with van der Waals surface area (Å²) in [5.74, 6) is 0.657. The summed E-state index contributed by atoms with van der Waals surface area (Å²) in [5, 5.41) is 3.86. The minimum absolute atomic E-state index is 0. The van der Waals surface area contributed by atoms with Crippen molar-refractivity contribution in [3.8, 4) is 0 Å². The van der Waals surface area contributed by atoms with Crippen molar-refractivity contribution in [1.29, 1.82) is 0 Å². The Morgan fingerprint density at radius 1 is 1.40 bits per heavy atom. The molecule has 0 bridgehead atoms. The van der Waals surface area contributed by atoms with Gasteiger partial charge in [0.25, 0.3) is 0 Å². The van der Waals surface area contributed by atoms with Crippen molar-refractivity contribution in [2.75, 3.05) is 0 Å². The Balaban J connectivity index is 0.00000200. The Hall–Kier alpha value is -0.770. The van der Waals surface area contributed by atoms with E-state index in [1.165, 1.54) is 12.8 Å². The highest BCUT2D eigenvalue weighted by Crippen LogP contribution is 2.41. The molecule has 5 heteroatoms. The molecule has 1 saturated carbocycles. The molecule has 1 fully saturated rings. The highest BCUT2D eigenvalue weighted by molar-refractivity contribution is 6.30. The first kappa shape index (κ1) is 17.3. The lowest BCUT2D eigenvalue weighted by Crippen LogP contribution is -2.31. The second-order valence-corrected chi connectivity index (χ2v) is 5.89. The van der Waals surface area contributed by atoms with Crippen LogP contribution in [0.1, 0.15) is 44.2 Å². The number of hydrogen-bond acceptors (Lipinski definition) is 2. The zero-order chi connectivity index (χ0) is 13.8. The van der Waals surface area contributed by atoms with E-state index in [1.54, 1.807) is 0 Å². The minimum atomic E-state index is 0. The molecule has 0 spiro atoms. The lowest BCUT2D eigenvalue weighted by molar-refractivity contribution is -0.122. The maximum Gasteiger partial charge on any atom is 0.220 e. The summed E-state index contributed by atoms with van der Waals surface area (Å²) in [6.45, 7) is 1.92. The van der Waals surface area contributed by atoms with E-state index in [9.17, 15) is 4.79 Å². The molecule has 1 aliphatic carbocycles. The molecule has 0 heterocycles. The Kier molecular flexibility index (Phi) is 6.80. The van der Waals surface area contributed by atoms with Gasteiger partial charge in [0, 0.05) is 17.5 Å². The lowest BCUT2D eigenvalue weighted by atomic mass is 10.0. The van der Waals surface area contributed by atoms with Crippen molar-refractivity contribution in [3.05, 3.63) is 34.9 Å². The number of nitrogens with two attached hydrogens (primary N) is 1. The van der Waals surface area contributed by atoms with E-state index in [4.69, 9.17) is 17.3 Å². The quantitative estimate of drug-likeness (QED) is 0.844. The molecule has 1 aliphatic rings. The number of hydrogen-bond donors (Lipinski definition) is 2. The maximum atomic E-state index is 11.9. The van der Waals surface area contributed by atoms with E-state index in [1.807, 2.05) is 31.2 Å². The second-order valence-electron chi connectivity index (χ2n) is 5.45. The van der Waals surface area contributed by atoms with Crippen LogP contribution in [0, 0.1) is 5.92 Å². The van der Waals surface area contributed by atoms with E-state index < -0.39 is 0 Å². The topological polar surface area (TPSA) is 55.1 Å². The summed E-state index contributed by atoms with van der Waals surface area (Å²) in [5.41, 5.74) is 6.82. The van der Waals surface area contributed by atoms with Crippen LogP contribution in [0.4, 0.5) is 0 Å². The Morgan fingerprint density at radius 3 is 2.50 bits per heavy atom. The molecule has 0 radical (unpaired) electrons. The fourth-order valence-corrected chi connectivity index (χ4v) is 2.30. The van der Waals surface area contributed by atoms with Gasteiger partial charge in [-0.25, -0.2) is 0 Å². The van der Waals surface area contributed by atoms with Gasteiger partial charge in [-0.2, -0.15) is 0 Å². The number of amides is 1. The van der Waals surface area contributed by atoms with Gasteiger partial charge in [-0.1, -0.05) is 23.7 Å². The summed E-state index contributed by atoms with van der Waals surface area (Å²) >= 11 is 5.90. The molecule has 2 atom stereocenters. The normalized spacial score (nSPS) is 16.9. The van der Waals surface area contributed by atoms with Gasteiger partial charge in [0.15, 0.2) is 0 Å². The highest BCUT2D eigenvalue weighted by Gasteiger charge is 2.33. The van der Waals surface area contributed by atoms with Crippen LogP contribution in [0.15, 0.2) is 24.3 Å². The van der Waals surface area contributed by atoms with Gasteiger partial charge in [-0.05, 0) is 49.8 Å². The second kappa shape index (κ2) is 7.87. The highest BCUT2D eigenvalue weighted by atomic mass is 35.5. The molecular formula is C15H22Cl2N2O. The number of carbonyl (C=O) groups is 1. The predicted octanol–water partition coefficient (Wildman–Crippen LogP) is 3.46. The van der Waals surface area contributed by atoms with Crippen LogP contribution in [0.5, 0.6) is 0 Å². The molecule has 0 aliphatic heterocycles. The lowest BCUT2D eigenvalue weighted by Gasteiger charge is -2.19. The van der Waals surface area contributed by atoms with Gasteiger partial charge < -0.3 is 11.1 Å². The third-order valence-corrected chi connectivity index (χ3v) is 3.72. The molecule has 3 N–H and O–H groups in total. The summed E-state index contributed by atoms with van der Waals surface area (Å²) in [6.07, 6.45) is 3.58. The number of halogens is 2. The summed E-state index contributed by atoms with van der Waals surface area (Å²) in [7, 11) is 0. The molecular weight excluding hydrogens is 295 g/mol. The smallest absolute Gasteiger partial charge is 0.220 e. The van der Waals surface area contributed by atoms with Crippen molar-refractivity contribution >= 4 is 29.9 Å². The van der Waals surface area contributed by atoms with Crippen LogP contribution >= 0.6 is 24.0 Å². The van der Waals surface area contributed by atoms with Crippen LogP contribution in [0.3, 0.4) is 0 Å².